The molecule has 16 heavy (non-hydrogen) atoms. The van der Waals surface area contributed by atoms with Crippen LogP contribution in [0.3, 0.4) is 0 Å². The largest absolute Gasteiger partial charge is 0.317 e. The van der Waals surface area contributed by atoms with Crippen molar-refractivity contribution >= 4 is 0 Å². The summed E-state index contributed by atoms with van der Waals surface area (Å²) in [5.41, 5.74) is 2.72. The molecule has 0 aliphatic carbocycles. The Hall–Kier alpha value is -0.930. The lowest BCUT2D eigenvalue weighted by molar-refractivity contribution is 0.264. The van der Waals surface area contributed by atoms with Gasteiger partial charge >= 0.3 is 0 Å². The molecule has 1 aromatic heterocycles. The minimum atomic E-state index is 0.285. The smallest absolute Gasteiger partial charge is 0.0417 e. The van der Waals surface area contributed by atoms with Crippen LogP contribution in [0.4, 0.5) is 0 Å². The highest BCUT2D eigenvalue weighted by atomic mass is 15.0. The zero-order chi connectivity index (χ0) is 11.4. The van der Waals surface area contributed by atoms with Gasteiger partial charge in [0, 0.05) is 24.0 Å². The van der Waals surface area contributed by atoms with Gasteiger partial charge in [0.1, 0.15) is 0 Å². The molecule has 88 valence electrons. The zero-order valence-corrected chi connectivity index (χ0v) is 10.2. The predicted molar refractivity (Wildman–Crippen MR) is 66.3 cm³/mol. The van der Waals surface area contributed by atoms with Gasteiger partial charge in [-0.25, -0.2) is 0 Å². The maximum Gasteiger partial charge on any atom is 0.0417 e. The fourth-order valence-electron chi connectivity index (χ4n) is 2.17. The molecule has 3 nitrogen and oxygen atoms in total. The highest BCUT2D eigenvalue weighted by Gasteiger charge is 2.25. The van der Waals surface area contributed by atoms with E-state index >= 15 is 0 Å². The minimum absolute atomic E-state index is 0.285. The zero-order valence-electron chi connectivity index (χ0n) is 10.2. The highest BCUT2D eigenvalue weighted by molar-refractivity contribution is 5.18. The topological polar surface area (TPSA) is 37.0 Å². The second kappa shape index (κ2) is 4.93. The summed E-state index contributed by atoms with van der Waals surface area (Å²) >= 11 is 0. The van der Waals surface area contributed by atoms with Crippen LogP contribution in [0.1, 0.15) is 31.0 Å². The van der Waals surface area contributed by atoms with Crippen LogP contribution in [-0.2, 0) is 6.54 Å². The molecule has 1 fully saturated rings. The minimum Gasteiger partial charge on any atom is -0.317 e. The first-order valence-electron chi connectivity index (χ1n) is 6.06. The number of aryl methyl sites for hydroxylation is 1. The fourth-order valence-corrected chi connectivity index (χ4v) is 2.17. The Kier molecular flexibility index (Phi) is 3.56. The Bertz CT molecular complexity index is 343. The van der Waals surface area contributed by atoms with E-state index in [9.17, 15) is 0 Å². The van der Waals surface area contributed by atoms with E-state index in [-0.39, 0.29) is 5.54 Å². The molecule has 1 aromatic rings. The average molecular weight is 219 g/mol. The van der Waals surface area contributed by atoms with Crippen molar-refractivity contribution in [3.8, 4) is 0 Å². The van der Waals surface area contributed by atoms with Crippen LogP contribution in [0.15, 0.2) is 18.3 Å². The molecule has 1 saturated heterocycles. The Labute approximate surface area is 97.7 Å². The van der Waals surface area contributed by atoms with Gasteiger partial charge in [0.15, 0.2) is 0 Å². The molecule has 1 aliphatic heterocycles. The summed E-state index contributed by atoms with van der Waals surface area (Å²) in [6.45, 7) is 7.56. The molecule has 2 rings (SSSR count). The number of nitrogens with zero attached hydrogens (tertiary/aromatic N) is 1. The third kappa shape index (κ3) is 2.80. The lowest BCUT2D eigenvalue weighted by atomic mass is 9.90. The fraction of sp³-hybridized carbons (Fsp3) is 0.615. The molecule has 0 radical (unpaired) electrons. The molecular formula is C13H21N3. The summed E-state index contributed by atoms with van der Waals surface area (Å²) in [5.74, 6) is 0. The van der Waals surface area contributed by atoms with Crippen molar-refractivity contribution in [3.63, 3.8) is 0 Å². The van der Waals surface area contributed by atoms with Gasteiger partial charge < -0.3 is 10.6 Å². The molecule has 2 N–H and O–H groups in total. The van der Waals surface area contributed by atoms with Crippen LogP contribution in [0.5, 0.6) is 0 Å². The molecule has 0 aromatic carbocycles. The number of hydrogen-bond acceptors (Lipinski definition) is 3. The number of aromatic nitrogens is 1. The first-order chi connectivity index (χ1) is 7.70. The van der Waals surface area contributed by atoms with E-state index in [0.717, 1.165) is 25.3 Å². The number of hydrogen-bond donors (Lipinski definition) is 2. The van der Waals surface area contributed by atoms with E-state index in [4.69, 9.17) is 0 Å². The van der Waals surface area contributed by atoms with Crippen LogP contribution in [-0.4, -0.2) is 23.6 Å². The van der Waals surface area contributed by atoms with Crippen LogP contribution in [0.2, 0.25) is 0 Å². The van der Waals surface area contributed by atoms with Gasteiger partial charge in [-0.3, -0.25) is 4.98 Å². The van der Waals surface area contributed by atoms with E-state index in [1.165, 1.54) is 18.4 Å². The Morgan fingerprint density at radius 2 is 2.19 bits per heavy atom. The van der Waals surface area contributed by atoms with Crippen LogP contribution in [0.25, 0.3) is 0 Å². The number of pyridine rings is 1. The second-order valence-corrected chi connectivity index (χ2v) is 4.91. The Morgan fingerprint density at radius 1 is 1.44 bits per heavy atom. The third-order valence-corrected chi connectivity index (χ3v) is 3.53. The van der Waals surface area contributed by atoms with E-state index in [2.05, 4.69) is 35.5 Å². The molecule has 0 spiro atoms. The van der Waals surface area contributed by atoms with Crippen molar-refractivity contribution in [1.82, 2.24) is 15.6 Å². The molecule has 0 bridgehead atoms. The number of nitrogens with one attached hydrogen (secondary N) is 2. The summed E-state index contributed by atoms with van der Waals surface area (Å²) in [5, 5.41) is 7.07. The highest BCUT2D eigenvalue weighted by Crippen LogP contribution is 2.18. The van der Waals surface area contributed by atoms with Gasteiger partial charge in [0.25, 0.3) is 0 Å². The van der Waals surface area contributed by atoms with Gasteiger partial charge in [-0.1, -0.05) is 6.07 Å². The average Bonchev–Trinajstić information content (AvgIpc) is 2.29. The molecule has 0 unspecified atom stereocenters. The van der Waals surface area contributed by atoms with Crippen molar-refractivity contribution in [2.24, 2.45) is 0 Å². The monoisotopic (exact) mass is 219 g/mol. The summed E-state index contributed by atoms with van der Waals surface area (Å²) < 4.78 is 0. The molecule has 0 saturated carbocycles. The quantitative estimate of drug-likeness (QED) is 0.811. The lowest BCUT2D eigenvalue weighted by Gasteiger charge is -2.35. The van der Waals surface area contributed by atoms with Crippen molar-refractivity contribution in [1.29, 1.82) is 0 Å². The van der Waals surface area contributed by atoms with E-state index in [1.807, 2.05) is 12.3 Å². The van der Waals surface area contributed by atoms with Gasteiger partial charge in [-0.15, -0.1) is 0 Å². The number of piperidine rings is 1. The number of rotatable bonds is 3. The van der Waals surface area contributed by atoms with Crippen LogP contribution < -0.4 is 10.6 Å². The first-order valence-corrected chi connectivity index (χ1v) is 6.06. The van der Waals surface area contributed by atoms with E-state index < -0.39 is 0 Å². The van der Waals surface area contributed by atoms with Crippen molar-refractivity contribution in [2.75, 3.05) is 13.1 Å². The van der Waals surface area contributed by atoms with Crippen molar-refractivity contribution < 1.29 is 0 Å². The molecular weight excluding hydrogens is 198 g/mol. The van der Waals surface area contributed by atoms with Crippen LogP contribution >= 0.6 is 0 Å². The maximum absolute atomic E-state index is 4.31. The summed E-state index contributed by atoms with van der Waals surface area (Å²) in [6.07, 6.45) is 4.25. The second-order valence-electron chi connectivity index (χ2n) is 4.91. The van der Waals surface area contributed by atoms with Gasteiger partial charge in [0.2, 0.25) is 0 Å². The summed E-state index contributed by atoms with van der Waals surface area (Å²) in [4.78, 5) is 4.31. The van der Waals surface area contributed by atoms with Crippen molar-refractivity contribution in [2.45, 2.75) is 38.8 Å². The lowest BCUT2D eigenvalue weighted by Crippen LogP contribution is -2.49. The summed E-state index contributed by atoms with van der Waals surface area (Å²) in [7, 11) is 0. The standard InChI is InChI=1S/C13H21N3/c1-11-12(4-3-7-15-11)10-16-13(2)5-8-14-9-6-13/h3-4,7,14,16H,5-6,8-10H2,1-2H3. The molecule has 0 atom stereocenters. The van der Waals surface area contributed by atoms with Gasteiger partial charge in [-0.05, 0) is 51.4 Å². The van der Waals surface area contributed by atoms with E-state index in [1.54, 1.807) is 0 Å². The van der Waals surface area contributed by atoms with Gasteiger partial charge in [-0.2, -0.15) is 0 Å². The Balaban J connectivity index is 1.94. The molecule has 2 heterocycles. The SMILES string of the molecule is Cc1ncccc1CNC1(C)CCNCC1. The molecule has 3 heteroatoms. The van der Waals surface area contributed by atoms with E-state index in [0.29, 0.717) is 0 Å². The predicted octanol–water partition coefficient (Wildman–Crippen LogP) is 1.62. The molecule has 0 amide bonds. The third-order valence-electron chi connectivity index (χ3n) is 3.53. The van der Waals surface area contributed by atoms with Crippen LogP contribution in [0, 0.1) is 6.92 Å². The maximum atomic E-state index is 4.31. The normalized spacial score (nSPS) is 19.6. The molecule has 1 aliphatic rings. The first kappa shape index (κ1) is 11.6. The van der Waals surface area contributed by atoms with Crippen molar-refractivity contribution in [3.05, 3.63) is 29.6 Å². The summed E-state index contributed by atoms with van der Waals surface area (Å²) in [6, 6.07) is 4.16. The Morgan fingerprint density at radius 3 is 2.88 bits per heavy atom. The van der Waals surface area contributed by atoms with Gasteiger partial charge in [0.05, 0.1) is 0 Å².